The molecule has 3 aliphatic rings. The first-order chi connectivity index (χ1) is 7.86. The van der Waals surface area contributed by atoms with Gasteiger partial charge in [0.05, 0.1) is 5.60 Å². The fraction of sp³-hybridized carbons (Fsp3) is 0.857. The van der Waals surface area contributed by atoms with Crippen LogP contribution in [0.15, 0.2) is 12.2 Å². The zero-order valence-electron chi connectivity index (χ0n) is 10.1. The molecular weight excluding hydrogens is 198 g/mol. The van der Waals surface area contributed by atoms with Crippen LogP contribution >= 0.6 is 0 Å². The van der Waals surface area contributed by atoms with Crippen LogP contribution in [0.3, 0.4) is 0 Å². The van der Waals surface area contributed by atoms with Crippen LogP contribution in [0.1, 0.15) is 51.4 Å². The van der Waals surface area contributed by atoms with Gasteiger partial charge in [-0.2, -0.15) is 0 Å². The Kier molecular flexibility index (Phi) is 3.03. The van der Waals surface area contributed by atoms with Crippen molar-refractivity contribution in [1.82, 2.24) is 5.32 Å². The first-order valence-corrected chi connectivity index (χ1v) is 6.91. The average Bonchev–Trinajstić information content (AvgIpc) is 2.91. The molecule has 16 heavy (non-hydrogen) atoms. The highest BCUT2D eigenvalue weighted by molar-refractivity contribution is 5.00. The summed E-state index contributed by atoms with van der Waals surface area (Å²) in [5, 5.41) is 3.83. The fourth-order valence-corrected chi connectivity index (χ4v) is 3.62. The van der Waals surface area contributed by atoms with E-state index in [1.165, 1.54) is 51.4 Å². The molecule has 0 radical (unpaired) electrons. The molecule has 0 bridgehead atoms. The summed E-state index contributed by atoms with van der Waals surface area (Å²) in [7, 11) is 0. The number of hydrogen-bond acceptors (Lipinski definition) is 2. The van der Waals surface area contributed by atoms with Crippen molar-refractivity contribution in [3.63, 3.8) is 0 Å². The van der Waals surface area contributed by atoms with Gasteiger partial charge in [0, 0.05) is 18.7 Å². The lowest BCUT2D eigenvalue weighted by Gasteiger charge is -2.39. The highest BCUT2D eigenvalue weighted by Gasteiger charge is 2.40. The van der Waals surface area contributed by atoms with Crippen LogP contribution in [0, 0.1) is 0 Å². The minimum atomic E-state index is 0.266. The van der Waals surface area contributed by atoms with Gasteiger partial charge in [-0.05, 0) is 38.5 Å². The highest BCUT2D eigenvalue weighted by Crippen LogP contribution is 2.40. The van der Waals surface area contributed by atoms with Crippen molar-refractivity contribution < 1.29 is 4.74 Å². The Morgan fingerprint density at radius 2 is 1.81 bits per heavy atom. The summed E-state index contributed by atoms with van der Waals surface area (Å²) in [6.07, 6.45) is 14.9. The lowest BCUT2D eigenvalue weighted by Crippen LogP contribution is -2.48. The molecule has 1 saturated carbocycles. The second-order valence-corrected chi connectivity index (χ2v) is 5.73. The van der Waals surface area contributed by atoms with Gasteiger partial charge in [-0.3, -0.25) is 0 Å². The quantitative estimate of drug-likeness (QED) is 0.724. The number of hydrogen-bond donors (Lipinski definition) is 1. The maximum atomic E-state index is 6.07. The van der Waals surface area contributed by atoms with Gasteiger partial charge in [0.15, 0.2) is 0 Å². The summed E-state index contributed by atoms with van der Waals surface area (Å²) < 4.78 is 6.07. The van der Waals surface area contributed by atoms with Crippen LogP contribution in [0.4, 0.5) is 0 Å². The molecule has 1 heterocycles. The van der Waals surface area contributed by atoms with Crippen molar-refractivity contribution in [1.29, 1.82) is 0 Å². The summed E-state index contributed by atoms with van der Waals surface area (Å²) in [6.45, 7) is 0.970. The molecule has 2 heteroatoms. The molecule has 90 valence electrons. The lowest BCUT2D eigenvalue weighted by atomic mass is 9.88. The van der Waals surface area contributed by atoms with Gasteiger partial charge in [-0.1, -0.05) is 25.0 Å². The van der Waals surface area contributed by atoms with E-state index in [2.05, 4.69) is 17.5 Å². The SMILES string of the molecule is C1=CCC(NC2CCOC3(CCCC3)C2)C1. The van der Waals surface area contributed by atoms with Crippen LogP contribution in [0.25, 0.3) is 0 Å². The predicted octanol–water partition coefficient (Wildman–Crippen LogP) is 2.79. The average molecular weight is 221 g/mol. The van der Waals surface area contributed by atoms with Crippen LogP contribution in [-0.4, -0.2) is 24.3 Å². The number of nitrogens with one attached hydrogen (secondary N) is 1. The van der Waals surface area contributed by atoms with Crippen molar-refractivity contribution in [3.05, 3.63) is 12.2 Å². The molecular formula is C14H23NO. The van der Waals surface area contributed by atoms with Crippen molar-refractivity contribution in [2.75, 3.05) is 6.61 Å². The van der Waals surface area contributed by atoms with Gasteiger partial charge >= 0.3 is 0 Å². The third-order valence-corrected chi connectivity index (χ3v) is 4.49. The standard InChI is InChI=1S/C14H23NO/c1-2-6-12(5-1)15-13-7-10-16-14(11-13)8-3-4-9-14/h1-2,12-13,15H,3-11H2. The Hall–Kier alpha value is -0.340. The smallest absolute Gasteiger partial charge is 0.0697 e. The van der Waals surface area contributed by atoms with Crippen molar-refractivity contribution in [2.24, 2.45) is 0 Å². The zero-order chi connectivity index (χ0) is 10.8. The molecule has 1 saturated heterocycles. The van der Waals surface area contributed by atoms with Crippen molar-refractivity contribution in [2.45, 2.75) is 69.1 Å². The van der Waals surface area contributed by atoms with Gasteiger partial charge in [-0.25, -0.2) is 0 Å². The van der Waals surface area contributed by atoms with E-state index in [-0.39, 0.29) is 5.60 Å². The van der Waals surface area contributed by atoms with E-state index in [4.69, 9.17) is 4.74 Å². The van der Waals surface area contributed by atoms with E-state index in [1.807, 2.05) is 0 Å². The first kappa shape index (κ1) is 10.8. The van der Waals surface area contributed by atoms with Gasteiger partial charge in [-0.15, -0.1) is 0 Å². The largest absolute Gasteiger partial charge is 0.375 e. The molecule has 1 atom stereocenters. The summed E-state index contributed by atoms with van der Waals surface area (Å²) in [5.41, 5.74) is 0.266. The zero-order valence-corrected chi connectivity index (χ0v) is 10.1. The minimum Gasteiger partial charge on any atom is -0.375 e. The third kappa shape index (κ3) is 2.18. The normalized spacial score (nSPS) is 33.9. The maximum absolute atomic E-state index is 6.07. The molecule has 2 aliphatic carbocycles. The van der Waals surface area contributed by atoms with Crippen molar-refractivity contribution in [3.8, 4) is 0 Å². The van der Waals surface area contributed by atoms with E-state index in [0.29, 0.717) is 12.1 Å². The van der Waals surface area contributed by atoms with E-state index in [9.17, 15) is 0 Å². The van der Waals surface area contributed by atoms with E-state index < -0.39 is 0 Å². The van der Waals surface area contributed by atoms with Crippen LogP contribution < -0.4 is 5.32 Å². The molecule has 1 unspecified atom stereocenters. The molecule has 3 rings (SSSR count). The summed E-state index contributed by atoms with van der Waals surface area (Å²) >= 11 is 0. The Balaban J connectivity index is 1.55. The summed E-state index contributed by atoms with van der Waals surface area (Å²) in [4.78, 5) is 0. The molecule has 1 aliphatic heterocycles. The Morgan fingerprint density at radius 3 is 2.56 bits per heavy atom. The maximum Gasteiger partial charge on any atom is 0.0697 e. The summed E-state index contributed by atoms with van der Waals surface area (Å²) in [5.74, 6) is 0. The summed E-state index contributed by atoms with van der Waals surface area (Å²) in [6, 6.07) is 1.42. The molecule has 0 aromatic rings. The molecule has 2 fully saturated rings. The van der Waals surface area contributed by atoms with Crippen LogP contribution in [-0.2, 0) is 4.74 Å². The fourth-order valence-electron chi connectivity index (χ4n) is 3.62. The third-order valence-electron chi connectivity index (χ3n) is 4.49. The Labute approximate surface area is 98.4 Å². The molecule has 1 N–H and O–H groups in total. The Morgan fingerprint density at radius 1 is 1.06 bits per heavy atom. The second kappa shape index (κ2) is 4.50. The van der Waals surface area contributed by atoms with Gasteiger partial charge < -0.3 is 10.1 Å². The van der Waals surface area contributed by atoms with Crippen LogP contribution in [0.2, 0.25) is 0 Å². The van der Waals surface area contributed by atoms with E-state index in [0.717, 1.165) is 6.61 Å². The second-order valence-electron chi connectivity index (χ2n) is 5.73. The van der Waals surface area contributed by atoms with Gasteiger partial charge in [0.25, 0.3) is 0 Å². The monoisotopic (exact) mass is 221 g/mol. The topological polar surface area (TPSA) is 21.3 Å². The predicted molar refractivity (Wildman–Crippen MR) is 65.5 cm³/mol. The van der Waals surface area contributed by atoms with Gasteiger partial charge in [0.1, 0.15) is 0 Å². The molecule has 2 nitrogen and oxygen atoms in total. The number of ether oxygens (including phenoxy) is 1. The molecule has 1 spiro atoms. The molecule has 0 aromatic heterocycles. The van der Waals surface area contributed by atoms with E-state index in [1.54, 1.807) is 0 Å². The van der Waals surface area contributed by atoms with Crippen LogP contribution in [0.5, 0.6) is 0 Å². The van der Waals surface area contributed by atoms with Gasteiger partial charge in [0.2, 0.25) is 0 Å². The lowest BCUT2D eigenvalue weighted by molar-refractivity contribution is -0.0845. The molecule has 0 amide bonds. The minimum absolute atomic E-state index is 0.266. The molecule has 0 aromatic carbocycles. The van der Waals surface area contributed by atoms with Crippen molar-refractivity contribution >= 4 is 0 Å². The number of rotatable bonds is 2. The highest BCUT2D eigenvalue weighted by atomic mass is 16.5. The van der Waals surface area contributed by atoms with E-state index >= 15 is 0 Å². The first-order valence-electron chi connectivity index (χ1n) is 6.91. The Bertz CT molecular complexity index is 260.